The predicted molar refractivity (Wildman–Crippen MR) is 102 cm³/mol. The second-order valence-electron chi connectivity index (χ2n) is 5.85. The van der Waals surface area contributed by atoms with Crippen LogP contribution in [0.5, 0.6) is 0 Å². The van der Waals surface area contributed by atoms with Gasteiger partial charge >= 0.3 is 0 Å². The summed E-state index contributed by atoms with van der Waals surface area (Å²) in [6.45, 7) is 4.10. The van der Waals surface area contributed by atoms with E-state index in [1.54, 1.807) is 30.3 Å². The molecule has 2 rings (SSSR count). The molecule has 0 aliphatic heterocycles. The van der Waals surface area contributed by atoms with Gasteiger partial charge in [-0.25, -0.2) is 4.21 Å². The van der Waals surface area contributed by atoms with Crippen LogP contribution in [0.1, 0.15) is 29.8 Å². The highest BCUT2D eigenvalue weighted by Crippen LogP contribution is 2.20. The largest absolute Gasteiger partial charge is 0.350 e. The van der Waals surface area contributed by atoms with Gasteiger partial charge < -0.3 is 5.32 Å². The van der Waals surface area contributed by atoms with E-state index in [0.717, 1.165) is 5.56 Å². The molecule has 0 saturated carbocycles. The first-order valence-corrected chi connectivity index (χ1v) is 9.35. The summed E-state index contributed by atoms with van der Waals surface area (Å²) < 4.78 is 22.6. The summed E-state index contributed by atoms with van der Waals surface area (Å²) in [7, 11) is 0. The zero-order valence-electron chi connectivity index (χ0n) is 14.1. The lowest BCUT2D eigenvalue weighted by atomic mass is 10.1. The zero-order valence-corrected chi connectivity index (χ0v) is 15.7. The van der Waals surface area contributed by atoms with Gasteiger partial charge in [-0.3, -0.25) is 13.7 Å². The number of anilines is 1. The van der Waals surface area contributed by atoms with Gasteiger partial charge in [0, 0.05) is 23.2 Å². The minimum absolute atomic E-state index is 0.0456. The molecule has 1 atom stereocenters. The maximum absolute atomic E-state index is 12.0. The summed E-state index contributed by atoms with van der Waals surface area (Å²) in [5, 5.41) is 3.44. The molecular weight excluding hydrogens is 360 g/mol. The van der Waals surface area contributed by atoms with Crippen LogP contribution >= 0.6 is 11.6 Å². The maximum atomic E-state index is 12.0. The molecule has 0 bridgehead atoms. The number of halogens is 1. The molecule has 25 heavy (non-hydrogen) atoms. The lowest BCUT2D eigenvalue weighted by Crippen LogP contribution is -2.30. The molecule has 134 valence electrons. The normalized spacial score (nSPS) is 12.0. The minimum Gasteiger partial charge on any atom is -0.350 e. The van der Waals surface area contributed by atoms with Gasteiger partial charge in [-0.2, -0.15) is 0 Å². The number of amides is 1. The molecule has 0 aliphatic carbocycles. The van der Waals surface area contributed by atoms with E-state index in [2.05, 4.69) is 5.32 Å². The topological polar surface area (TPSA) is 69.6 Å². The van der Waals surface area contributed by atoms with E-state index >= 15 is 0 Å². The Balaban J connectivity index is 2.11. The highest BCUT2D eigenvalue weighted by Gasteiger charge is 2.14. The molecule has 2 aromatic carbocycles. The van der Waals surface area contributed by atoms with E-state index < -0.39 is 11.3 Å². The van der Waals surface area contributed by atoms with E-state index in [-0.39, 0.29) is 11.9 Å². The summed E-state index contributed by atoms with van der Waals surface area (Å²) >= 11 is 3.96. The molecule has 1 unspecified atom stereocenters. The fourth-order valence-corrected chi connectivity index (χ4v) is 3.12. The minimum atomic E-state index is -2.17. The van der Waals surface area contributed by atoms with E-state index in [1.165, 1.54) is 4.31 Å². The van der Waals surface area contributed by atoms with E-state index in [4.69, 9.17) is 11.6 Å². The Morgan fingerprint density at radius 2 is 1.84 bits per heavy atom. The molecule has 0 aromatic heterocycles. The van der Waals surface area contributed by atoms with Crippen LogP contribution in [-0.2, 0) is 17.7 Å². The van der Waals surface area contributed by atoms with Crippen LogP contribution in [-0.4, -0.2) is 27.3 Å². The number of hydrogen-bond acceptors (Lipinski definition) is 2. The average molecular weight is 381 g/mol. The van der Waals surface area contributed by atoms with Gasteiger partial charge in [0.15, 0.2) is 0 Å². The second kappa shape index (κ2) is 8.99. The Labute approximate surface area is 155 Å². The first kappa shape index (κ1) is 19.4. The molecule has 7 heteroatoms. The third-order valence-electron chi connectivity index (χ3n) is 3.57. The van der Waals surface area contributed by atoms with Gasteiger partial charge in [0.25, 0.3) is 17.2 Å². The molecule has 5 nitrogen and oxygen atoms in total. The molecule has 0 heterocycles. The smallest absolute Gasteiger partial charge is 0.261 e. The van der Waals surface area contributed by atoms with Crippen molar-refractivity contribution in [3.8, 4) is 0 Å². The lowest BCUT2D eigenvalue weighted by Gasteiger charge is -2.20. The Kier molecular flexibility index (Phi) is 6.99. The molecule has 0 aliphatic rings. The highest BCUT2D eigenvalue weighted by atomic mass is 35.5. The Morgan fingerprint density at radius 1 is 1.20 bits per heavy atom. The van der Waals surface area contributed by atoms with Crippen LogP contribution in [0.4, 0.5) is 5.69 Å². The number of hydrogen-bond donors (Lipinski definition) is 2. The number of benzene rings is 2. The van der Waals surface area contributed by atoms with Crippen LogP contribution in [0.2, 0.25) is 5.02 Å². The molecule has 0 spiro atoms. The number of nitrogens with zero attached hydrogens (tertiary/aromatic N) is 1. The summed E-state index contributed by atoms with van der Waals surface area (Å²) in [5.74, 6) is -0.172. The van der Waals surface area contributed by atoms with E-state index in [1.807, 2.05) is 32.0 Å². The van der Waals surface area contributed by atoms with Crippen molar-refractivity contribution in [2.24, 2.45) is 0 Å². The summed E-state index contributed by atoms with van der Waals surface area (Å²) in [6.07, 6.45) is 0.529. The van der Waals surface area contributed by atoms with Crippen molar-refractivity contribution in [3.63, 3.8) is 0 Å². The number of rotatable bonds is 7. The van der Waals surface area contributed by atoms with Gasteiger partial charge in [0.1, 0.15) is 0 Å². The third-order valence-corrected chi connectivity index (χ3v) is 4.71. The van der Waals surface area contributed by atoms with Gasteiger partial charge in [0.2, 0.25) is 0 Å². The van der Waals surface area contributed by atoms with Crippen LogP contribution in [0, 0.1) is 0 Å². The fraction of sp³-hybridized carbons (Fsp3) is 0.278. The Morgan fingerprint density at radius 3 is 2.40 bits per heavy atom. The van der Waals surface area contributed by atoms with Gasteiger partial charge in [-0.05, 0) is 56.2 Å². The SMILES string of the molecule is CC(C)NC(=O)c1ccc(N(CCc2ccccc2Cl)S(=O)O)cc1. The molecular formula is C18H21ClN2O3S. The molecule has 0 saturated heterocycles. The van der Waals surface area contributed by atoms with Crippen LogP contribution in [0.3, 0.4) is 0 Å². The molecule has 0 radical (unpaired) electrons. The molecule has 2 aromatic rings. The standard InChI is InChI=1S/C18H21ClN2O3S/c1-13(2)20-18(22)15-7-9-16(10-8-15)21(25(23)24)12-11-14-5-3-4-6-17(14)19/h3-10,13H,11-12H2,1-2H3,(H,20,22)(H,23,24). The maximum Gasteiger partial charge on any atom is 0.261 e. The second-order valence-corrected chi connectivity index (χ2v) is 7.16. The zero-order chi connectivity index (χ0) is 18.4. The third kappa shape index (κ3) is 5.56. The molecule has 2 N–H and O–H groups in total. The highest BCUT2D eigenvalue weighted by molar-refractivity contribution is 7.80. The van der Waals surface area contributed by atoms with Crippen LogP contribution < -0.4 is 9.62 Å². The van der Waals surface area contributed by atoms with E-state index in [9.17, 15) is 13.6 Å². The first-order chi connectivity index (χ1) is 11.9. The van der Waals surface area contributed by atoms with Crippen molar-refractivity contribution in [3.05, 3.63) is 64.7 Å². The van der Waals surface area contributed by atoms with Crippen molar-refractivity contribution < 1.29 is 13.6 Å². The summed E-state index contributed by atoms with van der Waals surface area (Å²) in [4.78, 5) is 12.0. The van der Waals surface area contributed by atoms with Crippen molar-refractivity contribution in [1.29, 1.82) is 0 Å². The van der Waals surface area contributed by atoms with Gasteiger partial charge in [0.05, 0.1) is 5.69 Å². The average Bonchev–Trinajstić information content (AvgIpc) is 2.56. The Bertz CT molecular complexity index is 750. The van der Waals surface area contributed by atoms with Gasteiger partial charge in [-0.1, -0.05) is 29.8 Å². The van der Waals surface area contributed by atoms with E-state index in [0.29, 0.717) is 29.2 Å². The number of nitrogens with one attached hydrogen (secondary N) is 1. The number of carbonyl (C=O) groups is 1. The predicted octanol–water partition coefficient (Wildman–Crippen LogP) is 3.66. The summed E-state index contributed by atoms with van der Waals surface area (Å²) in [6, 6.07) is 14.1. The van der Waals surface area contributed by atoms with Crippen LogP contribution in [0.25, 0.3) is 0 Å². The molecule has 1 amide bonds. The fourth-order valence-electron chi connectivity index (χ4n) is 2.35. The monoisotopic (exact) mass is 380 g/mol. The number of carbonyl (C=O) groups excluding carboxylic acids is 1. The Hall–Kier alpha value is -1.89. The van der Waals surface area contributed by atoms with Gasteiger partial charge in [-0.15, -0.1) is 0 Å². The molecule has 0 fully saturated rings. The van der Waals surface area contributed by atoms with Crippen molar-refractivity contribution >= 4 is 34.5 Å². The van der Waals surface area contributed by atoms with Crippen molar-refractivity contribution in [1.82, 2.24) is 5.32 Å². The van der Waals surface area contributed by atoms with Crippen LogP contribution in [0.15, 0.2) is 48.5 Å². The first-order valence-electron chi connectivity index (χ1n) is 7.91. The summed E-state index contributed by atoms with van der Waals surface area (Å²) in [5.41, 5.74) is 1.98. The lowest BCUT2D eigenvalue weighted by molar-refractivity contribution is 0.0943. The van der Waals surface area contributed by atoms with Crippen molar-refractivity contribution in [2.45, 2.75) is 26.3 Å². The van der Waals surface area contributed by atoms with Crippen molar-refractivity contribution in [2.75, 3.05) is 10.8 Å². The quantitative estimate of drug-likeness (QED) is 0.720.